The lowest BCUT2D eigenvalue weighted by molar-refractivity contribution is -0.384. The van der Waals surface area contributed by atoms with Crippen molar-refractivity contribution in [2.75, 3.05) is 11.9 Å². The first kappa shape index (κ1) is 14.0. The van der Waals surface area contributed by atoms with Gasteiger partial charge in [0.05, 0.1) is 4.92 Å². The van der Waals surface area contributed by atoms with E-state index in [4.69, 9.17) is 5.11 Å². The molecule has 1 aromatic rings. The van der Waals surface area contributed by atoms with Gasteiger partial charge < -0.3 is 10.4 Å². The third-order valence-electron chi connectivity index (χ3n) is 1.96. The first-order chi connectivity index (χ1) is 7.91. The number of benzene rings is 1. The number of rotatable bonds is 5. The molecule has 0 amide bonds. The number of hydrogen-bond acceptors (Lipinski definition) is 4. The van der Waals surface area contributed by atoms with Crippen molar-refractivity contribution in [3.05, 3.63) is 31.9 Å². The second-order valence-electron chi connectivity index (χ2n) is 3.20. The first-order valence-corrected chi connectivity index (χ1v) is 5.63. The summed E-state index contributed by atoms with van der Waals surface area (Å²) < 4.78 is 24.6. The second kappa shape index (κ2) is 6.05. The molecule has 17 heavy (non-hydrogen) atoms. The summed E-state index contributed by atoms with van der Waals surface area (Å²) in [7, 11) is 0. The van der Waals surface area contributed by atoms with Crippen molar-refractivity contribution in [2.24, 2.45) is 0 Å². The van der Waals surface area contributed by atoms with Crippen LogP contribution in [0.1, 0.15) is 0 Å². The summed E-state index contributed by atoms with van der Waals surface area (Å²) in [4.78, 5) is 9.92. The minimum atomic E-state index is -2.82. The molecular weight excluding hydrogens is 349 g/mol. The van der Waals surface area contributed by atoms with Crippen LogP contribution in [0, 0.1) is 13.7 Å². The van der Waals surface area contributed by atoms with Crippen molar-refractivity contribution in [1.29, 1.82) is 0 Å². The smallest absolute Gasteiger partial charge is 0.270 e. The third-order valence-corrected chi connectivity index (χ3v) is 2.85. The molecule has 0 heterocycles. The summed E-state index contributed by atoms with van der Waals surface area (Å²) in [5.74, 6) is 0. The van der Waals surface area contributed by atoms with Crippen molar-refractivity contribution in [2.45, 2.75) is 12.5 Å². The molecule has 1 unspecified atom stereocenters. The average molecular weight is 358 g/mol. The van der Waals surface area contributed by atoms with E-state index in [1.165, 1.54) is 18.2 Å². The largest absolute Gasteiger partial charge is 0.385 e. The molecule has 5 nitrogen and oxygen atoms in total. The van der Waals surface area contributed by atoms with E-state index in [-0.39, 0.29) is 12.2 Å². The average Bonchev–Trinajstić information content (AvgIpc) is 2.26. The number of alkyl halides is 2. The molecule has 94 valence electrons. The number of aliphatic hydroxyl groups is 1. The van der Waals surface area contributed by atoms with E-state index >= 15 is 0 Å². The Labute approximate surface area is 109 Å². The molecule has 2 N–H and O–H groups in total. The molecular formula is C9H9F2IN2O3. The molecule has 0 aliphatic carbocycles. The summed E-state index contributed by atoms with van der Waals surface area (Å²) in [6.45, 7) is -0.314. The zero-order valence-corrected chi connectivity index (χ0v) is 10.6. The van der Waals surface area contributed by atoms with Crippen LogP contribution in [0.15, 0.2) is 18.2 Å². The van der Waals surface area contributed by atoms with Crippen LogP contribution in [0.25, 0.3) is 0 Å². The van der Waals surface area contributed by atoms with Crippen molar-refractivity contribution in [1.82, 2.24) is 0 Å². The lowest BCUT2D eigenvalue weighted by Crippen LogP contribution is -2.27. The molecule has 0 radical (unpaired) electrons. The number of nitro benzene ring substituents is 1. The van der Waals surface area contributed by atoms with Gasteiger partial charge in [0.1, 0.15) is 6.10 Å². The van der Waals surface area contributed by atoms with Crippen LogP contribution in [0.2, 0.25) is 0 Å². The summed E-state index contributed by atoms with van der Waals surface area (Å²) in [5, 5.41) is 22.0. The van der Waals surface area contributed by atoms with Crippen LogP contribution in [-0.4, -0.2) is 29.1 Å². The number of nitrogens with zero attached hydrogens (tertiary/aromatic N) is 1. The molecule has 0 saturated heterocycles. The topological polar surface area (TPSA) is 75.4 Å². The molecule has 1 rings (SSSR count). The minimum absolute atomic E-state index is 0.0747. The van der Waals surface area contributed by atoms with Crippen molar-refractivity contribution in [3.63, 3.8) is 0 Å². The Kier molecular flexibility index (Phi) is 5.00. The molecule has 0 bridgehead atoms. The summed E-state index contributed by atoms with van der Waals surface area (Å²) in [6.07, 6.45) is -4.58. The fraction of sp³-hybridized carbons (Fsp3) is 0.333. The van der Waals surface area contributed by atoms with E-state index in [9.17, 15) is 18.9 Å². The van der Waals surface area contributed by atoms with Gasteiger partial charge in [0.2, 0.25) is 0 Å². The van der Waals surface area contributed by atoms with E-state index < -0.39 is 17.5 Å². The van der Waals surface area contributed by atoms with Gasteiger partial charge in [-0.25, -0.2) is 8.78 Å². The summed E-state index contributed by atoms with van der Waals surface area (Å²) in [6, 6.07) is 4.00. The van der Waals surface area contributed by atoms with E-state index in [2.05, 4.69) is 5.32 Å². The lowest BCUT2D eigenvalue weighted by Gasteiger charge is -2.12. The molecule has 0 aliphatic heterocycles. The molecule has 0 aliphatic rings. The van der Waals surface area contributed by atoms with Gasteiger partial charge in [0.15, 0.2) is 0 Å². The van der Waals surface area contributed by atoms with E-state index in [1.54, 1.807) is 0 Å². The normalized spacial score (nSPS) is 12.5. The van der Waals surface area contributed by atoms with Crippen LogP contribution >= 0.6 is 22.6 Å². The Balaban J connectivity index is 2.70. The van der Waals surface area contributed by atoms with Crippen LogP contribution in [-0.2, 0) is 0 Å². The third kappa shape index (κ3) is 4.04. The highest BCUT2D eigenvalue weighted by molar-refractivity contribution is 14.1. The molecule has 0 saturated carbocycles. The Morgan fingerprint density at radius 3 is 2.65 bits per heavy atom. The molecule has 0 spiro atoms. The Morgan fingerprint density at radius 1 is 1.53 bits per heavy atom. The predicted molar refractivity (Wildman–Crippen MR) is 66.3 cm³/mol. The van der Waals surface area contributed by atoms with E-state index in [0.29, 0.717) is 9.26 Å². The minimum Gasteiger partial charge on any atom is -0.385 e. The zero-order valence-electron chi connectivity index (χ0n) is 8.44. The van der Waals surface area contributed by atoms with Gasteiger partial charge in [-0.15, -0.1) is 0 Å². The highest BCUT2D eigenvalue weighted by atomic mass is 127. The lowest BCUT2D eigenvalue weighted by atomic mass is 10.2. The Bertz CT molecular complexity index is 417. The van der Waals surface area contributed by atoms with Crippen LogP contribution in [0.3, 0.4) is 0 Å². The van der Waals surface area contributed by atoms with Crippen molar-refractivity contribution < 1.29 is 18.8 Å². The van der Waals surface area contributed by atoms with Gasteiger partial charge in [-0.05, 0) is 28.7 Å². The molecule has 1 aromatic carbocycles. The fourth-order valence-corrected chi connectivity index (χ4v) is 1.75. The number of aliphatic hydroxyl groups excluding tert-OH is 1. The Hall–Kier alpha value is -1.03. The quantitative estimate of drug-likeness (QED) is 0.481. The number of halogens is 3. The van der Waals surface area contributed by atoms with E-state index in [0.717, 1.165) is 0 Å². The van der Waals surface area contributed by atoms with Gasteiger partial charge in [0.25, 0.3) is 12.1 Å². The zero-order chi connectivity index (χ0) is 13.0. The van der Waals surface area contributed by atoms with E-state index in [1.807, 2.05) is 22.6 Å². The van der Waals surface area contributed by atoms with Gasteiger partial charge >= 0.3 is 0 Å². The SMILES string of the molecule is O=[N+]([O-])c1ccc(NCC(O)C(F)F)c(I)c1. The van der Waals surface area contributed by atoms with Gasteiger partial charge in [-0.3, -0.25) is 10.1 Å². The number of nitro groups is 1. The second-order valence-corrected chi connectivity index (χ2v) is 4.37. The number of nitrogens with one attached hydrogen (secondary N) is 1. The number of hydrogen-bond donors (Lipinski definition) is 2. The molecule has 0 fully saturated rings. The summed E-state index contributed by atoms with van der Waals surface area (Å²) in [5.41, 5.74) is 0.394. The molecule has 1 atom stereocenters. The molecule has 8 heteroatoms. The van der Waals surface area contributed by atoms with Crippen LogP contribution < -0.4 is 5.32 Å². The maximum atomic E-state index is 12.0. The highest BCUT2D eigenvalue weighted by Gasteiger charge is 2.17. The van der Waals surface area contributed by atoms with Gasteiger partial charge in [0, 0.05) is 27.9 Å². The maximum Gasteiger partial charge on any atom is 0.270 e. The maximum absolute atomic E-state index is 12.0. The van der Waals surface area contributed by atoms with Gasteiger partial charge in [-0.1, -0.05) is 0 Å². The van der Waals surface area contributed by atoms with Crippen LogP contribution in [0.4, 0.5) is 20.2 Å². The predicted octanol–water partition coefficient (Wildman–Crippen LogP) is 2.24. The van der Waals surface area contributed by atoms with Gasteiger partial charge in [-0.2, -0.15) is 0 Å². The molecule has 0 aromatic heterocycles. The first-order valence-electron chi connectivity index (χ1n) is 4.56. The monoisotopic (exact) mass is 358 g/mol. The van der Waals surface area contributed by atoms with Crippen molar-refractivity contribution >= 4 is 34.0 Å². The highest BCUT2D eigenvalue weighted by Crippen LogP contribution is 2.23. The standard InChI is InChI=1S/C9H9F2IN2O3/c10-9(11)8(15)4-13-7-2-1-5(14(16)17)3-6(7)12/h1-3,8-9,13,15H,4H2. The number of anilines is 1. The Morgan fingerprint density at radius 2 is 2.18 bits per heavy atom. The fourth-order valence-electron chi connectivity index (χ4n) is 1.06. The van der Waals surface area contributed by atoms with Crippen LogP contribution in [0.5, 0.6) is 0 Å². The number of non-ortho nitro benzene ring substituents is 1. The summed E-state index contributed by atoms with van der Waals surface area (Å²) >= 11 is 1.85. The van der Waals surface area contributed by atoms with Crippen molar-refractivity contribution in [3.8, 4) is 0 Å².